The first-order valence-corrected chi connectivity index (χ1v) is 7.09. The summed E-state index contributed by atoms with van der Waals surface area (Å²) in [5.41, 5.74) is 7.03. The molecule has 106 valence electrons. The van der Waals surface area contributed by atoms with Gasteiger partial charge in [-0.05, 0) is 43.6 Å². The average molecular weight is 265 g/mol. The Kier molecular flexibility index (Phi) is 4.77. The Hall–Kier alpha value is -1.13. The van der Waals surface area contributed by atoms with Crippen LogP contribution in [0.15, 0.2) is 18.2 Å². The maximum absolute atomic E-state index is 14.0. The van der Waals surface area contributed by atoms with E-state index in [1.807, 2.05) is 24.1 Å². The minimum absolute atomic E-state index is 0.175. The van der Waals surface area contributed by atoms with Crippen molar-refractivity contribution < 1.29 is 4.39 Å². The zero-order valence-electron chi connectivity index (χ0n) is 11.9. The number of likely N-dealkylation sites (tertiary alicyclic amines) is 1. The molecule has 19 heavy (non-hydrogen) atoms. The van der Waals surface area contributed by atoms with Gasteiger partial charge < -0.3 is 10.6 Å². The van der Waals surface area contributed by atoms with Crippen LogP contribution < -0.4 is 10.6 Å². The van der Waals surface area contributed by atoms with Crippen LogP contribution in [0.25, 0.3) is 0 Å². The highest BCUT2D eigenvalue weighted by Crippen LogP contribution is 2.23. The van der Waals surface area contributed by atoms with Crippen LogP contribution >= 0.6 is 0 Å². The molecule has 3 nitrogen and oxygen atoms in total. The molecule has 1 fully saturated rings. The fraction of sp³-hybridized carbons (Fsp3) is 0.600. The number of benzene rings is 1. The molecule has 1 aliphatic rings. The Balaban J connectivity index is 2.05. The second-order valence-electron chi connectivity index (χ2n) is 5.30. The van der Waals surface area contributed by atoms with Gasteiger partial charge in [-0.3, -0.25) is 4.90 Å². The smallest absolute Gasteiger partial charge is 0.146 e. The Morgan fingerprint density at radius 3 is 2.89 bits per heavy atom. The van der Waals surface area contributed by atoms with Crippen molar-refractivity contribution in [2.45, 2.75) is 32.4 Å². The van der Waals surface area contributed by atoms with Crippen LogP contribution in [0.1, 0.15) is 25.3 Å². The molecule has 1 heterocycles. The van der Waals surface area contributed by atoms with E-state index >= 15 is 0 Å². The second kappa shape index (κ2) is 6.35. The Morgan fingerprint density at radius 1 is 1.47 bits per heavy atom. The summed E-state index contributed by atoms with van der Waals surface area (Å²) >= 11 is 0. The largest absolute Gasteiger partial charge is 0.371 e. The van der Waals surface area contributed by atoms with Gasteiger partial charge in [0.15, 0.2) is 0 Å². The van der Waals surface area contributed by atoms with Crippen LogP contribution in [-0.4, -0.2) is 37.6 Å². The van der Waals surface area contributed by atoms with Crippen molar-refractivity contribution in [2.24, 2.45) is 5.73 Å². The fourth-order valence-electron chi connectivity index (χ4n) is 2.92. The monoisotopic (exact) mass is 265 g/mol. The van der Waals surface area contributed by atoms with Gasteiger partial charge in [-0.25, -0.2) is 4.39 Å². The molecule has 0 aliphatic carbocycles. The van der Waals surface area contributed by atoms with Gasteiger partial charge in [0.05, 0.1) is 5.69 Å². The van der Waals surface area contributed by atoms with Crippen LogP contribution in [0.2, 0.25) is 0 Å². The summed E-state index contributed by atoms with van der Waals surface area (Å²) in [4.78, 5) is 4.50. The fourth-order valence-corrected chi connectivity index (χ4v) is 2.92. The Labute approximate surface area is 115 Å². The summed E-state index contributed by atoms with van der Waals surface area (Å²) in [6.07, 6.45) is 2.46. The van der Waals surface area contributed by atoms with Crippen molar-refractivity contribution in [3.63, 3.8) is 0 Å². The predicted molar refractivity (Wildman–Crippen MR) is 77.8 cm³/mol. The van der Waals surface area contributed by atoms with Crippen molar-refractivity contribution >= 4 is 5.69 Å². The molecule has 1 aromatic carbocycles. The molecule has 0 amide bonds. The number of nitrogens with zero attached hydrogens (tertiary/aromatic N) is 2. The van der Waals surface area contributed by atoms with E-state index in [4.69, 9.17) is 5.73 Å². The molecular formula is C15H24FN3. The number of halogens is 1. The molecule has 1 aromatic rings. The van der Waals surface area contributed by atoms with E-state index in [9.17, 15) is 4.39 Å². The standard InChI is InChI=1S/C15H24FN3/c1-3-19-8-4-5-13(19)11-18(2)15-7-6-12(10-17)9-14(15)16/h6-7,9,13H,3-5,8,10-11,17H2,1-2H3. The molecule has 0 radical (unpaired) electrons. The molecule has 1 saturated heterocycles. The van der Waals surface area contributed by atoms with Crippen molar-refractivity contribution in [3.8, 4) is 0 Å². The van der Waals surface area contributed by atoms with Gasteiger partial charge >= 0.3 is 0 Å². The van der Waals surface area contributed by atoms with Gasteiger partial charge in [0.1, 0.15) is 5.82 Å². The van der Waals surface area contributed by atoms with Gasteiger partial charge in [-0.15, -0.1) is 0 Å². The van der Waals surface area contributed by atoms with E-state index in [0.717, 1.165) is 18.7 Å². The molecule has 1 unspecified atom stereocenters. The molecule has 0 aromatic heterocycles. The summed E-state index contributed by atoms with van der Waals surface area (Å²) in [5.74, 6) is -0.175. The lowest BCUT2D eigenvalue weighted by Crippen LogP contribution is -2.39. The lowest BCUT2D eigenvalue weighted by atomic mass is 10.1. The number of hydrogen-bond donors (Lipinski definition) is 1. The lowest BCUT2D eigenvalue weighted by Gasteiger charge is -2.29. The van der Waals surface area contributed by atoms with E-state index < -0.39 is 0 Å². The summed E-state index contributed by atoms with van der Waals surface area (Å²) < 4.78 is 14.0. The van der Waals surface area contributed by atoms with Crippen LogP contribution in [0.4, 0.5) is 10.1 Å². The lowest BCUT2D eigenvalue weighted by molar-refractivity contribution is 0.270. The zero-order valence-corrected chi connectivity index (χ0v) is 11.9. The maximum atomic E-state index is 14.0. The van der Waals surface area contributed by atoms with Crippen molar-refractivity contribution in [2.75, 3.05) is 31.6 Å². The number of likely N-dealkylation sites (N-methyl/N-ethyl adjacent to an activating group) is 2. The van der Waals surface area contributed by atoms with Gasteiger partial charge in [-0.1, -0.05) is 13.0 Å². The first-order valence-electron chi connectivity index (χ1n) is 7.09. The third-order valence-corrected chi connectivity index (χ3v) is 4.05. The molecule has 0 bridgehead atoms. The van der Waals surface area contributed by atoms with Crippen molar-refractivity contribution in [1.29, 1.82) is 0 Å². The average Bonchev–Trinajstić information content (AvgIpc) is 2.85. The minimum atomic E-state index is -0.175. The van der Waals surface area contributed by atoms with Gasteiger partial charge in [0.2, 0.25) is 0 Å². The minimum Gasteiger partial charge on any atom is -0.371 e. The second-order valence-corrected chi connectivity index (χ2v) is 5.30. The van der Waals surface area contributed by atoms with E-state index in [2.05, 4.69) is 11.8 Å². The molecule has 2 rings (SSSR count). The van der Waals surface area contributed by atoms with E-state index in [1.165, 1.54) is 25.5 Å². The summed E-state index contributed by atoms with van der Waals surface area (Å²) in [6.45, 7) is 5.70. The number of hydrogen-bond acceptors (Lipinski definition) is 3. The SMILES string of the molecule is CCN1CCCC1CN(C)c1ccc(CN)cc1F. The molecule has 1 aliphatic heterocycles. The Bertz CT molecular complexity index is 422. The van der Waals surface area contributed by atoms with Gasteiger partial charge in [-0.2, -0.15) is 0 Å². The molecule has 2 N–H and O–H groups in total. The van der Waals surface area contributed by atoms with E-state index in [-0.39, 0.29) is 5.82 Å². The highest BCUT2D eigenvalue weighted by atomic mass is 19.1. The third kappa shape index (κ3) is 3.25. The summed E-state index contributed by atoms with van der Waals surface area (Å²) in [5, 5.41) is 0. The summed E-state index contributed by atoms with van der Waals surface area (Å²) in [7, 11) is 1.96. The van der Waals surface area contributed by atoms with Crippen LogP contribution in [0.5, 0.6) is 0 Å². The maximum Gasteiger partial charge on any atom is 0.146 e. The normalized spacial score (nSPS) is 19.9. The highest BCUT2D eigenvalue weighted by Gasteiger charge is 2.24. The van der Waals surface area contributed by atoms with Crippen LogP contribution in [0.3, 0.4) is 0 Å². The molecular weight excluding hydrogens is 241 g/mol. The first-order chi connectivity index (χ1) is 9.15. The number of anilines is 1. The number of rotatable bonds is 5. The molecule has 0 spiro atoms. The quantitative estimate of drug-likeness (QED) is 0.886. The van der Waals surface area contributed by atoms with Gasteiger partial charge in [0.25, 0.3) is 0 Å². The van der Waals surface area contributed by atoms with Crippen LogP contribution in [-0.2, 0) is 6.54 Å². The molecule has 0 saturated carbocycles. The van der Waals surface area contributed by atoms with E-state index in [0.29, 0.717) is 18.3 Å². The van der Waals surface area contributed by atoms with Crippen molar-refractivity contribution in [3.05, 3.63) is 29.6 Å². The van der Waals surface area contributed by atoms with Gasteiger partial charge in [0, 0.05) is 26.2 Å². The first kappa shape index (κ1) is 14.3. The predicted octanol–water partition coefficient (Wildman–Crippen LogP) is 2.20. The van der Waals surface area contributed by atoms with E-state index in [1.54, 1.807) is 0 Å². The summed E-state index contributed by atoms with van der Waals surface area (Å²) in [6, 6.07) is 5.82. The zero-order chi connectivity index (χ0) is 13.8. The van der Waals surface area contributed by atoms with Crippen LogP contribution in [0, 0.1) is 5.82 Å². The molecule has 1 atom stereocenters. The highest BCUT2D eigenvalue weighted by molar-refractivity contribution is 5.48. The topological polar surface area (TPSA) is 32.5 Å². The van der Waals surface area contributed by atoms with Crippen molar-refractivity contribution in [1.82, 2.24) is 4.90 Å². The molecule has 4 heteroatoms. The third-order valence-electron chi connectivity index (χ3n) is 4.05. The Morgan fingerprint density at radius 2 is 2.26 bits per heavy atom. The number of nitrogens with two attached hydrogens (primary N) is 1.